The molecular weight excluding hydrogens is 309 g/mol. The number of fused-ring (bicyclic) bond motifs is 1. The molecule has 2 aromatic carbocycles. The Bertz CT molecular complexity index is 783. The van der Waals surface area contributed by atoms with Crippen LogP contribution in [0.25, 0.3) is 11.0 Å². The lowest BCUT2D eigenvalue weighted by atomic mass is 10.1. The van der Waals surface area contributed by atoms with Crippen LogP contribution < -0.4 is 10.5 Å². The first kappa shape index (κ1) is 14.3. The van der Waals surface area contributed by atoms with Crippen molar-refractivity contribution in [2.24, 2.45) is 5.73 Å². The molecule has 108 valence electrons. The fourth-order valence-corrected chi connectivity index (χ4v) is 2.58. The highest BCUT2D eigenvalue weighted by molar-refractivity contribution is 6.42. The normalized spacial score (nSPS) is 11.0. The quantitative estimate of drug-likeness (QED) is 0.752. The van der Waals surface area contributed by atoms with Gasteiger partial charge in [0.1, 0.15) is 28.7 Å². The van der Waals surface area contributed by atoms with Crippen molar-refractivity contribution >= 4 is 34.2 Å². The molecule has 0 saturated heterocycles. The standard InChI is InChI=1S/C16H13Cl2NO2/c17-12-5-3-7-14(16(12)18)20-9-15-11(8-19)10-4-1-2-6-13(10)21-15/h1-7H,8-9,19H2. The molecule has 0 spiro atoms. The van der Waals surface area contributed by atoms with Crippen molar-refractivity contribution in [3.05, 3.63) is 63.8 Å². The molecule has 0 aliphatic carbocycles. The summed E-state index contributed by atoms with van der Waals surface area (Å²) in [5.74, 6) is 1.22. The van der Waals surface area contributed by atoms with Gasteiger partial charge in [0.25, 0.3) is 0 Å². The molecule has 0 radical (unpaired) electrons. The summed E-state index contributed by atoms with van der Waals surface area (Å²) in [6.07, 6.45) is 0. The van der Waals surface area contributed by atoms with Gasteiger partial charge in [-0.2, -0.15) is 0 Å². The molecule has 21 heavy (non-hydrogen) atoms. The molecule has 3 nitrogen and oxygen atoms in total. The number of rotatable bonds is 4. The highest BCUT2D eigenvalue weighted by atomic mass is 35.5. The Hall–Kier alpha value is -1.68. The number of para-hydroxylation sites is 1. The van der Waals surface area contributed by atoms with Crippen molar-refractivity contribution in [1.29, 1.82) is 0 Å². The van der Waals surface area contributed by atoms with E-state index in [-0.39, 0.29) is 6.61 Å². The van der Waals surface area contributed by atoms with E-state index >= 15 is 0 Å². The summed E-state index contributed by atoms with van der Waals surface area (Å²) in [7, 11) is 0. The molecule has 3 aromatic rings. The third-order valence-corrected chi connectivity index (χ3v) is 4.06. The highest BCUT2D eigenvalue weighted by Crippen LogP contribution is 2.33. The molecule has 0 saturated carbocycles. The van der Waals surface area contributed by atoms with Crippen LogP contribution in [0.15, 0.2) is 46.9 Å². The first-order chi connectivity index (χ1) is 10.2. The van der Waals surface area contributed by atoms with Crippen LogP contribution in [0.1, 0.15) is 11.3 Å². The van der Waals surface area contributed by atoms with Gasteiger partial charge in [0.05, 0.1) is 5.02 Å². The van der Waals surface area contributed by atoms with E-state index < -0.39 is 0 Å². The van der Waals surface area contributed by atoms with E-state index in [2.05, 4.69) is 0 Å². The van der Waals surface area contributed by atoms with Crippen LogP contribution in [0.5, 0.6) is 5.75 Å². The van der Waals surface area contributed by atoms with Gasteiger partial charge in [-0.05, 0) is 18.2 Å². The lowest BCUT2D eigenvalue weighted by Crippen LogP contribution is -2.02. The van der Waals surface area contributed by atoms with Crippen LogP contribution in [0.3, 0.4) is 0 Å². The van der Waals surface area contributed by atoms with Crippen molar-refractivity contribution < 1.29 is 9.15 Å². The van der Waals surface area contributed by atoms with Crippen molar-refractivity contribution in [2.75, 3.05) is 0 Å². The van der Waals surface area contributed by atoms with Crippen LogP contribution in [0.2, 0.25) is 10.0 Å². The van der Waals surface area contributed by atoms with Crippen molar-refractivity contribution in [1.82, 2.24) is 0 Å². The summed E-state index contributed by atoms with van der Waals surface area (Å²) in [4.78, 5) is 0. The minimum Gasteiger partial charge on any atom is -0.484 e. The van der Waals surface area contributed by atoms with Gasteiger partial charge in [-0.25, -0.2) is 0 Å². The Morgan fingerprint density at radius 3 is 2.67 bits per heavy atom. The smallest absolute Gasteiger partial charge is 0.147 e. The van der Waals surface area contributed by atoms with Gasteiger partial charge in [-0.1, -0.05) is 47.5 Å². The fourth-order valence-electron chi connectivity index (χ4n) is 2.23. The van der Waals surface area contributed by atoms with Gasteiger partial charge in [0, 0.05) is 17.5 Å². The lowest BCUT2D eigenvalue weighted by molar-refractivity contribution is 0.273. The number of benzene rings is 2. The SMILES string of the molecule is NCc1c(COc2cccc(Cl)c2Cl)oc2ccccc12. The van der Waals surface area contributed by atoms with E-state index in [1.807, 2.05) is 24.3 Å². The van der Waals surface area contributed by atoms with Crippen LogP contribution >= 0.6 is 23.2 Å². The minimum absolute atomic E-state index is 0.251. The first-order valence-corrected chi connectivity index (χ1v) is 7.22. The van der Waals surface area contributed by atoms with E-state index in [0.717, 1.165) is 16.5 Å². The third-order valence-electron chi connectivity index (χ3n) is 3.26. The molecule has 0 aliphatic heterocycles. The summed E-state index contributed by atoms with van der Waals surface area (Å²) >= 11 is 12.1. The van der Waals surface area contributed by atoms with Gasteiger partial charge < -0.3 is 14.9 Å². The van der Waals surface area contributed by atoms with E-state index in [4.69, 9.17) is 38.1 Å². The van der Waals surface area contributed by atoms with Gasteiger partial charge >= 0.3 is 0 Å². The molecule has 0 unspecified atom stereocenters. The zero-order valence-electron chi connectivity index (χ0n) is 11.1. The molecule has 3 rings (SSSR count). The maximum Gasteiger partial charge on any atom is 0.147 e. The van der Waals surface area contributed by atoms with Gasteiger partial charge in [0.2, 0.25) is 0 Å². The Kier molecular flexibility index (Phi) is 4.06. The Balaban J connectivity index is 1.90. The van der Waals surface area contributed by atoms with Crippen LogP contribution in [-0.4, -0.2) is 0 Å². The third kappa shape index (κ3) is 2.72. The monoisotopic (exact) mass is 321 g/mol. The fraction of sp³-hybridized carbons (Fsp3) is 0.125. The highest BCUT2D eigenvalue weighted by Gasteiger charge is 2.14. The molecule has 0 bridgehead atoms. The lowest BCUT2D eigenvalue weighted by Gasteiger charge is -2.08. The summed E-state index contributed by atoms with van der Waals surface area (Å²) in [5.41, 5.74) is 7.57. The second-order valence-electron chi connectivity index (χ2n) is 4.54. The van der Waals surface area contributed by atoms with Crippen LogP contribution in [0.4, 0.5) is 0 Å². The number of hydrogen-bond donors (Lipinski definition) is 1. The largest absolute Gasteiger partial charge is 0.484 e. The molecule has 0 atom stereocenters. The topological polar surface area (TPSA) is 48.4 Å². The maximum absolute atomic E-state index is 6.10. The van der Waals surface area contributed by atoms with Gasteiger partial charge in [-0.15, -0.1) is 0 Å². The molecule has 2 N–H and O–H groups in total. The summed E-state index contributed by atoms with van der Waals surface area (Å²) in [5, 5.41) is 1.86. The van der Waals surface area contributed by atoms with Crippen molar-refractivity contribution in [3.63, 3.8) is 0 Å². The number of ether oxygens (including phenoxy) is 1. The molecule has 0 fully saturated rings. The second-order valence-corrected chi connectivity index (χ2v) is 5.33. The van der Waals surface area contributed by atoms with Crippen LogP contribution in [0, 0.1) is 0 Å². The average molecular weight is 322 g/mol. The maximum atomic E-state index is 6.10. The van der Waals surface area contributed by atoms with E-state index in [1.165, 1.54) is 0 Å². The van der Waals surface area contributed by atoms with Crippen molar-refractivity contribution in [2.45, 2.75) is 13.2 Å². The molecule has 1 aromatic heterocycles. The molecule has 0 aliphatic rings. The summed E-state index contributed by atoms with van der Waals surface area (Å²) in [6.45, 7) is 0.639. The molecule has 5 heteroatoms. The Morgan fingerprint density at radius 1 is 1.05 bits per heavy atom. The molecule has 1 heterocycles. The van der Waals surface area contributed by atoms with Crippen LogP contribution in [-0.2, 0) is 13.2 Å². The number of halogens is 2. The average Bonchev–Trinajstić information content (AvgIpc) is 2.86. The van der Waals surface area contributed by atoms with E-state index in [1.54, 1.807) is 18.2 Å². The van der Waals surface area contributed by atoms with E-state index in [0.29, 0.717) is 28.1 Å². The Labute approximate surface area is 132 Å². The second kappa shape index (κ2) is 5.98. The summed E-state index contributed by atoms with van der Waals surface area (Å²) < 4.78 is 11.5. The first-order valence-electron chi connectivity index (χ1n) is 6.47. The van der Waals surface area contributed by atoms with Crippen molar-refractivity contribution in [3.8, 4) is 5.75 Å². The number of nitrogens with two attached hydrogens (primary N) is 1. The molecule has 0 amide bonds. The zero-order chi connectivity index (χ0) is 14.8. The van der Waals surface area contributed by atoms with Gasteiger partial charge in [0.15, 0.2) is 0 Å². The zero-order valence-corrected chi connectivity index (χ0v) is 12.6. The number of furan rings is 1. The minimum atomic E-state index is 0.251. The Morgan fingerprint density at radius 2 is 1.86 bits per heavy atom. The van der Waals surface area contributed by atoms with Gasteiger partial charge in [-0.3, -0.25) is 0 Å². The predicted octanol–water partition coefficient (Wildman–Crippen LogP) is 4.78. The summed E-state index contributed by atoms with van der Waals surface area (Å²) in [6, 6.07) is 13.0. The number of hydrogen-bond acceptors (Lipinski definition) is 3. The predicted molar refractivity (Wildman–Crippen MR) is 84.9 cm³/mol. The van der Waals surface area contributed by atoms with E-state index in [9.17, 15) is 0 Å². The molecular formula is C16H13Cl2NO2.